The third kappa shape index (κ3) is 5.02. The molecule has 8 heteroatoms. The lowest BCUT2D eigenvalue weighted by Crippen LogP contribution is -2.22. The first kappa shape index (κ1) is 22.5. The number of aromatic nitrogens is 2. The predicted octanol–water partition coefficient (Wildman–Crippen LogP) is 6.60. The fourth-order valence-electron chi connectivity index (χ4n) is 3.19. The van der Waals surface area contributed by atoms with Crippen molar-refractivity contribution in [3.05, 3.63) is 94.3 Å². The quantitative estimate of drug-likeness (QED) is 0.180. The van der Waals surface area contributed by atoms with Gasteiger partial charge >= 0.3 is 6.18 Å². The molecule has 0 atom stereocenters. The lowest BCUT2D eigenvalue weighted by Gasteiger charge is -2.15. The van der Waals surface area contributed by atoms with Crippen LogP contribution in [0.2, 0.25) is 0 Å². The van der Waals surface area contributed by atoms with Crippen LogP contribution in [0.5, 0.6) is 0 Å². The number of hydrogen-bond donors (Lipinski definition) is 0. The molecule has 0 amide bonds. The number of nitrogens with zero attached hydrogens (tertiary/aromatic N) is 2. The van der Waals surface area contributed by atoms with E-state index in [1.54, 1.807) is 36.0 Å². The van der Waals surface area contributed by atoms with Crippen molar-refractivity contribution in [3.8, 4) is 5.69 Å². The Balaban J connectivity index is 1.67. The third-order valence-electron chi connectivity index (χ3n) is 4.78. The zero-order chi connectivity index (χ0) is 22.7. The molecule has 1 heterocycles. The molecule has 32 heavy (non-hydrogen) atoms. The zero-order valence-electron chi connectivity index (χ0n) is 17.1. The Labute approximate surface area is 191 Å². The van der Waals surface area contributed by atoms with Gasteiger partial charge in [-0.15, -0.1) is 11.8 Å². The summed E-state index contributed by atoms with van der Waals surface area (Å²) in [7, 11) is 0. The Bertz CT molecular complexity index is 1300. The molecule has 4 aromatic rings. The van der Waals surface area contributed by atoms with E-state index in [9.17, 15) is 18.0 Å². The number of thioether (sulfide) groups is 2. The van der Waals surface area contributed by atoms with Gasteiger partial charge in [-0.3, -0.25) is 9.36 Å². The molecule has 0 spiro atoms. The molecule has 0 aliphatic carbocycles. The normalized spacial score (nSPS) is 11.8. The predicted molar refractivity (Wildman–Crippen MR) is 125 cm³/mol. The van der Waals surface area contributed by atoms with E-state index in [-0.39, 0.29) is 11.2 Å². The van der Waals surface area contributed by atoms with Crippen molar-refractivity contribution >= 4 is 34.4 Å². The van der Waals surface area contributed by atoms with Crippen LogP contribution in [0, 0.1) is 6.92 Å². The Hall–Kier alpha value is -2.71. The Kier molecular flexibility index (Phi) is 6.62. The molecule has 0 aliphatic heterocycles. The molecule has 1 aromatic heterocycles. The van der Waals surface area contributed by atoms with Crippen LogP contribution in [0.1, 0.15) is 11.1 Å². The average Bonchev–Trinajstić information content (AvgIpc) is 2.77. The van der Waals surface area contributed by atoms with Gasteiger partial charge < -0.3 is 0 Å². The third-order valence-corrected chi connectivity index (χ3v) is 6.99. The molecular formula is C24H19F3N2OS2. The number of fused-ring (bicyclic) bond motifs is 1. The molecule has 0 fully saturated rings. The minimum Gasteiger partial charge on any atom is -0.268 e. The SMILES string of the molecule is Cc1ccc(SCCSc2nc3ccccc3c(=O)n2-c2cccc(C(F)(F)F)c2)cc1. The molecule has 164 valence electrons. The molecule has 3 nitrogen and oxygen atoms in total. The Morgan fingerprint density at radius 3 is 2.38 bits per heavy atom. The largest absolute Gasteiger partial charge is 0.416 e. The van der Waals surface area contributed by atoms with Crippen molar-refractivity contribution in [2.24, 2.45) is 0 Å². The minimum absolute atomic E-state index is 0.150. The highest BCUT2D eigenvalue weighted by Gasteiger charge is 2.30. The molecule has 4 rings (SSSR count). The molecule has 0 aliphatic rings. The summed E-state index contributed by atoms with van der Waals surface area (Å²) in [6.45, 7) is 2.03. The molecule has 0 N–H and O–H groups in total. The lowest BCUT2D eigenvalue weighted by atomic mass is 10.2. The summed E-state index contributed by atoms with van der Waals surface area (Å²) >= 11 is 3.04. The van der Waals surface area contributed by atoms with E-state index in [1.165, 1.54) is 34.0 Å². The number of benzene rings is 3. The van der Waals surface area contributed by atoms with E-state index in [4.69, 9.17) is 0 Å². The first-order valence-electron chi connectivity index (χ1n) is 9.84. The van der Waals surface area contributed by atoms with Crippen LogP contribution < -0.4 is 5.56 Å². The van der Waals surface area contributed by atoms with Gasteiger partial charge in [0.2, 0.25) is 0 Å². The highest BCUT2D eigenvalue weighted by molar-refractivity contribution is 8.02. The van der Waals surface area contributed by atoms with E-state index in [1.807, 2.05) is 19.1 Å². The van der Waals surface area contributed by atoms with Crippen LogP contribution in [0.15, 0.2) is 87.6 Å². The molecule has 0 saturated heterocycles. The van der Waals surface area contributed by atoms with E-state index in [0.29, 0.717) is 21.8 Å². The molecule has 0 bridgehead atoms. The maximum absolute atomic E-state index is 13.3. The smallest absolute Gasteiger partial charge is 0.268 e. The summed E-state index contributed by atoms with van der Waals surface area (Å²) in [4.78, 5) is 19.0. The molecular weight excluding hydrogens is 453 g/mol. The number of alkyl halides is 3. The zero-order valence-corrected chi connectivity index (χ0v) is 18.7. The summed E-state index contributed by atoms with van der Waals surface area (Å²) in [5.74, 6) is 1.40. The van der Waals surface area contributed by atoms with Crippen LogP contribution in [0.4, 0.5) is 13.2 Å². The summed E-state index contributed by atoms with van der Waals surface area (Å²) in [5.41, 5.74) is 0.671. The van der Waals surface area contributed by atoms with Crippen molar-refractivity contribution in [2.75, 3.05) is 11.5 Å². The van der Waals surface area contributed by atoms with Gasteiger partial charge in [-0.1, -0.05) is 47.7 Å². The topological polar surface area (TPSA) is 34.9 Å². The summed E-state index contributed by atoms with van der Waals surface area (Å²) in [6.07, 6.45) is -4.50. The first-order chi connectivity index (χ1) is 15.3. The van der Waals surface area contributed by atoms with Gasteiger partial charge in [0, 0.05) is 16.4 Å². The fraction of sp³-hybridized carbons (Fsp3) is 0.167. The van der Waals surface area contributed by atoms with Crippen molar-refractivity contribution in [3.63, 3.8) is 0 Å². The maximum atomic E-state index is 13.3. The number of halogens is 3. The van der Waals surface area contributed by atoms with Crippen LogP contribution in [0.3, 0.4) is 0 Å². The van der Waals surface area contributed by atoms with E-state index < -0.39 is 11.7 Å². The number of aryl methyl sites for hydroxylation is 1. The van der Waals surface area contributed by atoms with Crippen LogP contribution in [-0.4, -0.2) is 21.1 Å². The van der Waals surface area contributed by atoms with E-state index in [2.05, 4.69) is 17.1 Å². The monoisotopic (exact) mass is 472 g/mol. The number of para-hydroxylation sites is 1. The maximum Gasteiger partial charge on any atom is 0.416 e. The number of rotatable bonds is 6. The fourth-order valence-corrected chi connectivity index (χ4v) is 5.08. The van der Waals surface area contributed by atoms with E-state index in [0.717, 1.165) is 22.8 Å². The van der Waals surface area contributed by atoms with Gasteiger partial charge in [-0.2, -0.15) is 13.2 Å². The highest BCUT2D eigenvalue weighted by Crippen LogP contribution is 2.31. The van der Waals surface area contributed by atoms with Crippen molar-refractivity contribution < 1.29 is 13.2 Å². The van der Waals surface area contributed by atoms with Crippen LogP contribution in [-0.2, 0) is 6.18 Å². The van der Waals surface area contributed by atoms with Crippen LogP contribution in [0.25, 0.3) is 16.6 Å². The van der Waals surface area contributed by atoms with Gasteiger partial charge in [0.15, 0.2) is 5.16 Å². The molecule has 3 aromatic carbocycles. The summed E-state index contributed by atoms with van der Waals surface area (Å²) < 4.78 is 41.1. The standard InChI is InChI=1S/C24H19F3N2OS2/c1-16-9-11-19(12-10-16)31-13-14-32-23-28-21-8-3-2-7-20(21)22(30)29(23)18-6-4-5-17(15-18)24(25,26)27/h2-12,15H,13-14H2,1H3. The van der Waals surface area contributed by atoms with Crippen LogP contribution >= 0.6 is 23.5 Å². The second kappa shape index (κ2) is 9.42. The van der Waals surface area contributed by atoms with Gasteiger partial charge in [0.05, 0.1) is 22.2 Å². The van der Waals surface area contributed by atoms with Gasteiger partial charge in [0.25, 0.3) is 5.56 Å². The van der Waals surface area contributed by atoms with Gasteiger partial charge in [-0.05, 0) is 49.4 Å². The minimum atomic E-state index is -4.50. The van der Waals surface area contributed by atoms with Gasteiger partial charge in [-0.25, -0.2) is 4.98 Å². The van der Waals surface area contributed by atoms with Crippen molar-refractivity contribution in [2.45, 2.75) is 23.2 Å². The Morgan fingerprint density at radius 1 is 0.906 bits per heavy atom. The van der Waals surface area contributed by atoms with Crippen molar-refractivity contribution in [1.29, 1.82) is 0 Å². The van der Waals surface area contributed by atoms with E-state index >= 15 is 0 Å². The highest BCUT2D eigenvalue weighted by atomic mass is 32.2. The molecule has 0 saturated carbocycles. The molecule has 0 unspecified atom stereocenters. The first-order valence-corrected chi connectivity index (χ1v) is 11.8. The summed E-state index contributed by atoms with van der Waals surface area (Å²) in [5, 5.41) is 0.737. The summed E-state index contributed by atoms with van der Waals surface area (Å²) in [6, 6.07) is 19.9. The number of hydrogen-bond acceptors (Lipinski definition) is 4. The average molecular weight is 473 g/mol. The van der Waals surface area contributed by atoms with Gasteiger partial charge in [0.1, 0.15) is 0 Å². The van der Waals surface area contributed by atoms with Crippen molar-refractivity contribution in [1.82, 2.24) is 9.55 Å². The second-order valence-electron chi connectivity index (χ2n) is 7.11. The molecule has 0 radical (unpaired) electrons. The second-order valence-corrected chi connectivity index (χ2v) is 9.34. The lowest BCUT2D eigenvalue weighted by molar-refractivity contribution is -0.137. The Morgan fingerprint density at radius 2 is 1.62 bits per heavy atom.